The van der Waals surface area contributed by atoms with Gasteiger partial charge in [0.15, 0.2) is 0 Å². The Morgan fingerprint density at radius 1 is 1.35 bits per heavy atom. The summed E-state index contributed by atoms with van der Waals surface area (Å²) in [5, 5.41) is 0. The van der Waals surface area contributed by atoms with Gasteiger partial charge in [-0.2, -0.15) is 11.8 Å². The van der Waals surface area contributed by atoms with Crippen molar-refractivity contribution in [3.63, 3.8) is 0 Å². The van der Waals surface area contributed by atoms with Crippen LogP contribution in [-0.2, 0) is 5.75 Å². The van der Waals surface area contributed by atoms with E-state index in [9.17, 15) is 13.2 Å². The van der Waals surface area contributed by atoms with Crippen LogP contribution in [-0.4, -0.2) is 12.1 Å². The molecule has 17 heavy (non-hydrogen) atoms. The van der Waals surface area contributed by atoms with Crippen LogP contribution in [0.2, 0.25) is 0 Å². The Morgan fingerprint density at radius 3 is 2.82 bits per heavy atom. The fourth-order valence-electron chi connectivity index (χ4n) is 1.79. The quantitative estimate of drug-likeness (QED) is 0.845. The van der Waals surface area contributed by atoms with Crippen molar-refractivity contribution in [2.75, 3.05) is 5.75 Å². The standard InChI is InChI=1S/C11H12F3NOS/c12-11(13,14)16-8-2-1-7-6-17-4-3-10(15)9(7)5-8/h1-2,5,10H,3-4,6,15H2. The summed E-state index contributed by atoms with van der Waals surface area (Å²) < 4.78 is 40.2. The number of hydrogen-bond donors (Lipinski definition) is 1. The smallest absolute Gasteiger partial charge is 0.406 e. The molecule has 0 spiro atoms. The summed E-state index contributed by atoms with van der Waals surface area (Å²) >= 11 is 1.74. The van der Waals surface area contributed by atoms with Crippen LogP contribution in [0.5, 0.6) is 5.75 Å². The van der Waals surface area contributed by atoms with Crippen LogP contribution in [0.25, 0.3) is 0 Å². The minimum Gasteiger partial charge on any atom is -0.406 e. The molecule has 0 bridgehead atoms. The van der Waals surface area contributed by atoms with Crippen molar-refractivity contribution in [1.29, 1.82) is 0 Å². The average molecular weight is 263 g/mol. The maximum atomic E-state index is 12.1. The first kappa shape index (κ1) is 12.6. The first-order chi connectivity index (χ1) is 7.96. The second-order valence-corrected chi connectivity index (χ2v) is 4.96. The molecular weight excluding hydrogens is 251 g/mol. The Kier molecular flexibility index (Phi) is 3.53. The van der Waals surface area contributed by atoms with Gasteiger partial charge >= 0.3 is 6.36 Å². The highest BCUT2D eigenvalue weighted by molar-refractivity contribution is 7.98. The number of ether oxygens (including phenoxy) is 1. The van der Waals surface area contributed by atoms with Crippen molar-refractivity contribution < 1.29 is 17.9 Å². The van der Waals surface area contributed by atoms with Crippen molar-refractivity contribution >= 4 is 11.8 Å². The van der Waals surface area contributed by atoms with E-state index in [0.29, 0.717) is 0 Å². The monoisotopic (exact) mass is 263 g/mol. The van der Waals surface area contributed by atoms with Gasteiger partial charge in [0, 0.05) is 11.8 Å². The third-order valence-electron chi connectivity index (χ3n) is 2.58. The molecule has 1 aliphatic heterocycles. The number of nitrogens with two attached hydrogens (primary N) is 1. The lowest BCUT2D eigenvalue weighted by Gasteiger charge is -2.15. The molecule has 1 heterocycles. The van der Waals surface area contributed by atoms with E-state index < -0.39 is 6.36 Å². The number of halogens is 3. The van der Waals surface area contributed by atoms with Gasteiger partial charge in [-0.25, -0.2) is 0 Å². The Balaban J connectivity index is 2.28. The minimum atomic E-state index is -4.65. The Bertz CT molecular complexity index is 408. The average Bonchev–Trinajstić information content (AvgIpc) is 2.39. The largest absolute Gasteiger partial charge is 0.573 e. The predicted molar refractivity (Wildman–Crippen MR) is 60.8 cm³/mol. The highest BCUT2D eigenvalue weighted by atomic mass is 32.2. The summed E-state index contributed by atoms with van der Waals surface area (Å²) in [6.07, 6.45) is -3.88. The van der Waals surface area contributed by atoms with Crippen LogP contribution in [0, 0.1) is 0 Å². The van der Waals surface area contributed by atoms with E-state index in [-0.39, 0.29) is 11.8 Å². The molecule has 0 aromatic heterocycles. The van der Waals surface area contributed by atoms with E-state index in [0.717, 1.165) is 29.1 Å². The molecular formula is C11H12F3NOS. The highest BCUT2D eigenvalue weighted by Gasteiger charge is 2.31. The summed E-state index contributed by atoms with van der Waals surface area (Å²) in [7, 11) is 0. The molecule has 1 aliphatic rings. The zero-order valence-electron chi connectivity index (χ0n) is 8.96. The van der Waals surface area contributed by atoms with Gasteiger partial charge in [0.1, 0.15) is 5.75 Å². The molecule has 0 amide bonds. The molecule has 0 radical (unpaired) electrons. The second-order valence-electron chi connectivity index (χ2n) is 3.86. The Labute approximate surface area is 101 Å². The normalized spacial score (nSPS) is 20.6. The molecule has 1 aromatic carbocycles. The van der Waals surface area contributed by atoms with Gasteiger partial charge in [0.05, 0.1) is 0 Å². The molecule has 2 rings (SSSR count). The van der Waals surface area contributed by atoms with Crippen molar-refractivity contribution in [3.05, 3.63) is 29.3 Å². The van der Waals surface area contributed by atoms with E-state index in [2.05, 4.69) is 4.74 Å². The molecule has 0 aliphatic carbocycles. The van der Waals surface area contributed by atoms with Crippen molar-refractivity contribution in [3.8, 4) is 5.75 Å². The zero-order chi connectivity index (χ0) is 12.5. The first-order valence-electron chi connectivity index (χ1n) is 5.17. The molecule has 1 atom stereocenters. The van der Waals surface area contributed by atoms with E-state index in [1.54, 1.807) is 17.8 Å². The van der Waals surface area contributed by atoms with Crippen LogP contribution >= 0.6 is 11.8 Å². The molecule has 0 fully saturated rings. The van der Waals surface area contributed by atoms with Gasteiger partial charge in [-0.15, -0.1) is 13.2 Å². The van der Waals surface area contributed by atoms with Gasteiger partial charge in [-0.3, -0.25) is 0 Å². The number of rotatable bonds is 1. The van der Waals surface area contributed by atoms with Crippen LogP contribution in [0.15, 0.2) is 18.2 Å². The lowest BCUT2D eigenvalue weighted by atomic mass is 10.00. The number of thioether (sulfide) groups is 1. The molecule has 1 aromatic rings. The van der Waals surface area contributed by atoms with E-state index in [1.807, 2.05) is 0 Å². The summed E-state index contributed by atoms with van der Waals surface area (Å²) in [5.41, 5.74) is 7.68. The molecule has 0 saturated carbocycles. The number of fused-ring (bicyclic) bond motifs is 1. The summed E-state index contributed by atoms with van der Waals surface area (Å²) in [6, 6.07) is 4.19. The molecule has 6 heteroatoms. The maximum Gasteiger partial charge on any atom is 0.573 e. The molecule has 2 N–H and O–H groups in total. The fraction of sp³-hybridized carbons (Fsp3) is 0.455. The third kappa shape index (κ3) is 3.29. The lowest BCUT2D eigenvalue weighted by molar-refractivity contribution is -0.274. The van der Waals surface area contributed by atoms with E-state index in [4.69, 9.17) is 5.73 Å². The zero-order valence-corrected chi connectivity index (χ0v) is 9.77. The van der Waals surface area contributed by atoms with Gasteiger partial charge in [0.25, 0.3) is 0 Å². The second kappa shape index (κ2) is 4.78. The molecule has 1 unspecified atom stereocenters. The lowest BCUT2D eigenvalue weighted by Crippen LogP contribution is -2.18. The maximum absolute atomic E-state index is 12.1. The molecule has 94 valence electrons. The summed E-state index contributed by atoms with van der Waals surface area (Å²) in [4.78, 5) is 0. The number of alkyl halides is 3. The number of hydrogen-bond acceptors (Lipinski definition) is 3. The van der Waals surface area contributed by atoms with Crippen LogP contribution < -0.4 is 10.5 Å². The van der Waals surface area contributed by atoms with Crippen LogP contribution in [0.4, 0.5) is 13.2 Å². The van der Waals surface area contributed by atoms with Crippen molar-refractivity contribution in [2.45, 2.75) is 24.6 Å². The first-order valence-corrected chi connectivity index (χ1v) is 6.33. The van der Waals surface area contributed by atoms with Gasteiger partial charge < -0.3 is 10.5 Å². The van der Waals surface area contributed by atoms with Gasteiger partial charge in [-0.05, 0) is 35.4 Å². The molecule has 0 saturated heterocycles. The Hall–Kier alpha value is -0.880. The van der Waals surface area contributed by atoms with E-state index >= 15 is 0 Å². The number of benzene rings is 1. The van der Waals surface area contributed by atoms with Crippen molar-refractivity contribution in [1.82, 2.24) is 0 Å². The van der Waals surface area contributed by atoms with E-state index in [1.165, 1.54) is 12.1 Å². The van der Waals surface area contributed by atoms with Crippen LogP contribution in [0.3, 0.4) is 0 Å². The SMILES string of the molecule is NC1CCSCc2ccc(OC(F)(F)F)cc21. The van der Waals surface area contributed by atoms with Crippen molar-refractivity contribution in [2.24, 2.45) is 5.73 Å². The Morgan fingerprint density at radius 2 is 2.12 bits per heavy atom. The third-order valence-corrected chi connectivity index (χ3v) is 3.62. The summed E-state index contributed by atoms with van der Waals surface area (Å²) in [6.45, 7) is 0. The predicted octanol–water partition coefficient (Wildman–Crippen LogP) is 3.22. The minimum absolute atomic E-state index is 0.196. The fourth-order valence-corrected chi connectivity index (χ4v) is 2.84. The molecule has 2 nitrogen and oxygen atoms in total. The highest BCUT2D eigenvalue weighted by Crippen LogP contribution is 2.33. The van der Waals surface area contributed by atoms with Gasteiger partial charge in [-0.1, -0.05) is 6.07 Å². The summed E-state index contributed by atoms with van der Waals surface area (Å²) in [5.74, 6) is 1.51. The van der Waals surface area contributed by atoms with Crippen LogP contribution in [0.1, 0.15) is 23.6 Å². The topological polar surface area (TPSA) is 35.2 Å². The van der Waals surface area contributed by atoms with Gasteiger partial charge in [0.2, 0.25) is 0 Å².